The summed E-state index contributed by atoms with van der Waals surface area (Å²) in [5.41, 5.74) is 5.14. The Morgan fingerprint density at radius 1 is 1.11 bits per heavy atom. The normalized spacial score (nSPS) is 10.5. The first-order chi connectivity index (χ1) is 8.66. The highest BCUT2D eigenvalue weighted by molar-refractivity contribution is 7.16. The van der Waals surface area contributed by atoms with E-state index in [4.69, 9.17) is 0 Å². The fourth-order valence-electron chi connectivity index (χ4n) is 2.22. The van der Waals surface area contributed by atoms with E-state index < -0.39 is 0 Å². The molecule has 0 saturated carbocycles. The van der Waals surface area contributed by atoms with Gasteiger partial charge in [-0.15, -0.1) is 0 Å². The van der Waals surface area contributed by atoms with Crippen LogP contribution in [0, 0.1) is 20.8 Å². The maximum absolute atomic E-state index is 4.08. The van der Waals surface area contributed by atoms with Gasteiger partial charge in [0.1, 0.15) is 0 Å². The molecule has 0 N–H and O–H groups in total. The van der Waals surface area contributed by atoms with Gasteiger partial charge in [0.2, 0.25) is 0 Å². The van der Waals surface area contributed by atoms with Gasteiger partial charge in [0.15, 0.2) is 11.9 Å². The number of pyridine rings is 2. The summed E-state index contributed by atoms with van der Waals surface area (Å²) < 4.78 is 2.28. The molecule has 3 aromatic rings. The Hall–Kier alpha value is -1.26. The molecule has 0 bridgehead atoms. The molecule has 19 heavy (non-hydrogen) atoms. The standard InChI is InChI=1S/C15H15N2S.BrH/c1-10-9-17-11(2)12(3)18-15(17)8-14(10)13-4-6-16-7-5-13;/h4-9H,1-3H3;1H/q+1;/p-1. The van der Waals surface area contributed by atoms with E-state index >= 15 is 0 Å². The molecule has 0 spiro atoms. The highest BCUT2D eigenvalue weighted by Gasteiger charge is 2.16. The second kappa shape index (κ2) is 5.39. The predicted molar refractivity (Wildman–Crippen MR) is 74.9 cm³/mol. The van der Waals surface area contributed by atoms with Crippen LogP contribution in [0.2, 0.25) is 0 Å². The quantitative estimate of drug-likeness (QED) is 0.591. The third-order valence-corrected chi connectivity index (χ3v) is 4.50. The second-order valence-electron chi connectivity index (χ2n) is 4.56. The van der Waals surface area contributed by atoms with Crippen LogP contribution >= 0.6 is 11.3 Å². The topological polar surface area (TPSA) is 17.0 Å². The van der Waals surface area contributed by atoms with Gasteiger partial charge in [-0.3, -0.25) is 4.98 Å². The van der Waals surface area contributed by atoms with Crippen LogP contribution in [0.15, 0.2) is 36.8 Å². The number of aryl methyl sites for hydroxylation is 3. The minimum Gasteiger partial charge on any atom is -1.00 e. The van der Waals surface area contributed by atoms with Crippen LogP contribution in [0.5, 0.6) is 0 Å². The third kappa shape index (κ3) is 2.42. The number of rotatable bonds is 1. The molecule has 0 fully saturated rings. The average molecular weight is 335 g/mol. The largest absolute Gasteiger partial charge is 1.00 e. The van der Waals surface area contributed by atoms with Crippen LogP contribution in [-0.4, -0.2) is 4.98 Å². The zero-order valence-electron chi connectivity index (χ0n) is 11.1. The van der Waals surface area contributed by atoms with E-state index in [1.165, 1.54) is 32.1 Å². The van der Waals surface area contributed by atoms with Gasteiger partial charge in [0.05, 0.1) is 4.88 Å². The molecule has 0 atom stereocenters. The summed E-state index contributed by atoms with van der Waals surface area (Å²) in [4.78, 5) is 6.75. The van der Waals surface area contributed by atoms with E-state index in [-0.39, 0.29) is 17.0 Å². The summed E-state index contributed by atoms with van der Waals surface area (Å²) in [6, 6.07) is 6.40. The molecule has 4 heteroatoms. The molecule has 0 aliphatic rings. The third-order valence-electron chi connectivity index (χ3n) is 3.37. The lowest BCUT2D eigenvalue weighted by Crippen LogP contribution is -3.00. The van der Waals surface area contributed by atoms with Crippen LogP contribution in [-0.2, 0) is 0 Å². The monoisotopic (exact) mass is 334 g/mol. The van der Waals surface area contributed by atoms with Crippen molar-refractivity contribution in [3.8, 4) is 11.1 Å². The molecule has 2 nitrogen and oxygen atoms in total. The van der Waals surface area contributed by atoms with Crippen LogP contribution in [0.3, 0.4) is 0 Å². The van der Waals surface area contributed by atoms with Crippen LogP contribution < -0.4 is 21.4 Å². The molecule has 3 rings (SSSR count). The number of hydrogen-bond acceptors (Lipinski definition) is 2. The van der Waals surface area contributed by atoms with E-state index in [9.17, 15) is 0 Å². The SMILES string of the molecule is Cc1c[n+]2c(C)c(C)sc2cc1-c1ccncc1.[Br-]. The van der Waals surface area contributed by atoms with Crippen molar-refractivity contribution in [2.75, 3.05) is 0 Å². The van der Waals surface area contributed by atoms with Crippen LogP contribution in [0.1, 0.15) is 16.1 Å². The first-order valence-corrected chi connectivity index (χ1v) is 6.81. The highest BCUT2D eigenvalue weighted by Crippen LogP contribution is 2.26. The van der Waals surface area contributed by atoms with E-state index in [0.29, 0.717) is 0 Å². The molecule has 0 aromatic carbocycles. The van der Waals surface area contributed by atoms with Gasteiger partial charge < -0.3 is 17.0 Å². The highest BCUT2D eigenvalue weighted by atomic mass is 79.9. The van der Waals surface area contributed by atoms with Gasteiger partial charge in [0.25, 0.3) is 4.83 Å². The Morgan fingerprint density at radius 2 is 1.79 bits per heavy atom. The Morgan fingerprint density at radius 3 is 2.47 bits per heavy atom. The predicted octanol–water partition coefficient (Wildman–Crippen LogP) is 0.478. The maximum atomic E-state index is 4.08. The molecular formula is C15H15BrN2S. The zero-order chi connectivity index (χ0) is 12.7. The molecule has 0 amide bonds. The maximum Gasteiger partial charge on any atom is 0.268 e. The van der Waals surface area contributed by atoms with E-state index in [2.05, 4.69) is 54.6 Å². The van der Waals surface area contributed by atoms with Crippen molar-refractivity contribution in [1.29, 1.82) is 0 Å². The van der Waals surface area contributed by atoms with Gasteiger partial charge in [-0.1, -0.05) is 11.3 Å². The van der Waals surface area contributed by atoms with Crippen molar-refractivity contribution < 1.29 is 21.4 Å². The van der Waals surface area contributed by atoms with Crippen molar-refractivity contribution in [2.45, 2.75) is 20.8 Å². The van der Waals surface area contributed by atoms with Gasteiger partial charge in [-0.25, -0.2) is 0 Å². The van der Waals surface area contributed by atoms with Crippen LogP contribution in [0.25, 0.3) is 16.0 Å². The summed E-state index contributed by atoms with van der Waals surface area (Å²) in [5.74, 6) is 0. The molecule has 98 valence electrons. The Labute approximate surface area is 127 Å². The number of aromatic nitrogens is 2. The summed E-state index contributed by atoms with van der Waals surface area (Å²) >= 11 is 1.84. The molecule has 0 radical (unpaired) electrons. The Bertz CT molecular complexity index is 720. The zero-order valence-corrected chi connectivity index (χ0v) is 13.5. The van der Waals surface area contributed by atoms with Gasteiger partial charge >= 0.3 is 0 Å². The fourth-order valence-corrected chi connectivity index (χ4v) is 3.24. The number of thiazole rings is 1. The van der Waals surface area contributed by atoms with E-state index in [1.54, 1.807) is 0 Å². The molecule has 0 saturated heterocycles. The number of fused-ring (bicyclic) bond motifs is 1. The molecular weight excluding hydrogens is 320 g/mol. The number of nitrogens with zero attached hydrogens (tertiary/aromatic N) is 2. The van der Waals surface area contributed by atoms with Crippen molar-refractivity contribution in [1.82, 2.24) is 4.98 Å². The van der Waals surface area contributed by atoms with Gasteiger partial charge in [-0.2, -0.15) is 4.40 Å². The molecule has 0 aliphatic heterocycles. The van der Waals surface area contributed by atoms with Gasteiger partial charge in [-0.05, 0) is 37.1 Å². The van der Waals surface area contributed by atoms with Crippen molar-refractivity contribution >= 4 is 16.2 Å². The lowest BCUT2D eigenvalue weighted by atomic mass is 10.0. The van der Waals surface area contributed by atoms with Gasteiger partial charge in [0, 0.05) is 30.9 Å². The summed E-state index contributed by atoms with van der Waals surface area (Å²) in [6.07, 6.45) is 5.91. The molecule has 3 heterocycles. The second-order valence-corrected chi connectivity index (χ2v) is 5.79. The Kier molecular flexibility index (Phi) is 4.02. The summed E-state index contributed by atoms with van der Waals surface area (Å²) in [7, 11) is 0. The fraction of sp³-hybridized carbons (Fsp3) is 0.200. The molecule has 3 aromatic heterocycles. The van der Waals surface area contributed by atoms with Crippen molar-refractivity contribution in [3.05, 3.63) is 52.9 Å². The summed E-state index contributed by atoms with van der Waals surface area (Å²) in [5, 5.41) is 0. The van der Waals surface area contributed by atoms with E-state index in [1.807, 2.05) is 23.7 Å². The molecule has 0 unspecified atom stereocenters. The lowest BCUT2D eigenvalue weighted by Gasteiger charge is -2.02. The lowest BCUT2D eigenvalue weighted by molar-refractivity contribution is -0.515. The smallest absolute Gasteiger partial charge is 0.268 e. The minimum absolute atomic E-state index is 0. The Balaban J connectivity index is 0.00000133. The average Bonchev–Trinajstić information content (AvgIpc) is 2.66. The first-order valence-electron chi connectivity index (χ1n) is 5.99. The first kappa shape index (κ1) is 14.2. The van der Waals surface area contributed by atoms with E-state index in [0.717, 1.165) is 0 Å². The van der Waals surface area contributed by atoms with Crippen LogP contribution in [0.4, 0.5) is 0 Å². The minimum atomic E-state index is 0. The number of halogens is 1. The summed E-state index contributed by atoms with van der Waals surface area (Å²) in [6.45, 7) is 6.51. The van der Waals surface area contributed by atoms with Crippen molar-refractivity contribution in [3.63, 3.8) is 0 Å². The number of hydrogen-bond donors (Lipinski definition) is 0. The molecule has 0 aliphatic carbocycles. The van der Waals surface area contributed by atoms with Crippen molar-refractivity contribution in [2.24, 2.45) is 0 Å².